The molecule has 0 aliphatic carbocycles. The molecule has 1 N–H and O–H groups in total. The molecule has 1 aliphatic heterocycles. The van der Waals surface area contributed by atoms with E-state index in [0.29, 0.717) is 18.6 Å². The maximum Gasteiger partial charge on any atom is 0.124 e. The Morgan fingerprint density at radius 2 is 2.11 bits per heavy atom. The van der Waals surface area contributed by atoms with E-state index < -0.39 is 6.10 Å². The Labute approximate surface area is 116 Å². The van der Waals surface area contributed by atoms with Crippen molar-refractivity contribution in [2.45, 2.75) is 51.3 Å². The molecule has 0 saturated carbocycles. The van der Waals surface area contributed by atoms with Gasteiger partial charge in [-0.15, -0.1) is 0 Å². The second-order valence-electron chi connectivity index (χ2n) is 5.44. The molecule has 2 rings (SSSR count). The van der Waals surface area contributed by atoms with E-state index in [1.54, 1.807) is 7.11 Å². The third-order valence-corrected chi connectivity index (χ3v) is 4.31. The quantitative estimate of drug-likeness (QED) is 0.886. The van der Waals surface area contributed by atoms with Crippen LogP contribution in [0.3, 0.4) is 0 Å². The molecule has 3 atom stereocenters. The Morgan fingerprint density at radius 1 is 1.37 bits per heavy atom. The first kappa shape index (κ1) is 14.4. The van der Waals surface area contributed by atoms with Crippen LogP contribution in [0.2, 0.25) is 0 Å². The van der Waals surface area contributed by atoms with E-state index in [-0.39, 0.29) is 0 Å². The third kappa shape index (κ3) is 3.10. The second-order valence-corrected chi connectivity index (χ2v) is 5.44. The van der Waals surface area contributed by atoms with Crippen LogP contribution in [0.15, 0.2) is 24.3 Å². The van der Waals surface area contributed by atoms with Gasteiger partial charge in [-0.1, -0.05) is 25.1 Å². The molecule has 19 heavy (non-hydrogen) atoms. The van der Waals surface area contributed by atoms with Gasteiger partial charge in [-0.2, -0.15) is 0 Å². The second kappa shape index (κ2) is 6.40. The number of para-hydroxylation sites is 1. The first-order valence-corrected chi connectivity index (χ1v) is 7.24. The van der Waals surface area contributed by atoms with E-state index in [4.69, 9.17) is 4.74 Å². The van der Waals surface area contributed by atoms with Crippen LogP contribution >= 0.6 is 0 Å². The highest BCUT2D eigenvalue weighted by Crippen LogP contribution is 2.31. The van der Waals surface area contributed by atoms with Gasteiger partial charge < -0.3 is 9.84 Å². The summed E-state index contributed by atoms with van der Waals surface area (Å²) in [5.74, 6) is 0.773. The topological polar surface area (TPSA) is 32.7 Å². The summed E-state index contributed by atoms with van der Waals surface area (Å²) in [6.07, 6.45) is 3.15. The lowest BCUT2D eigenvalue weighted by Crippen LogP contribution is -2.37. The first-order valence-electron chi connectivity index (χ1n) is 7.24. The van der Waals surface area contributed by atoms with Crippen LogP contribution in [0.25, 0.3) is 0 Å². The number of methoxy groups -OCH3 is 1. The van der Waals surface area contributed by atoms with Gasteiger partial charge in [0.05, 0.1) is 13.2 Å². The summed E-state index contributed by atoms with van der Waals surface area (Å²) in [5, 5.41) is 10.5. The number of β-amino-alcohol motifs (C(OH)–C–C–N with tert-alkyl or cyclic N) is 1. The summed E-state index contributed by atoms with van der Waals surface area (Å²) in [6, 6.07) is 8.91. The molecule has 0 amide bonds. The summed E-state index contributed by atoms with van der Waals surface area (Å²) < 4.78 is 5.33. The zero-order valence-electron chi connectivity index (χ0n) is 12.2. The van der Waals surface area contributed by atoms with Crippen molar-refractivity contribution >= 4 is 0 Å². The van der Waals surface area contributed by atoms with Crippen LogP contribution < -0.4 is 4.74 Å². The maximum atomic E-state index is 10.5. The number of benzene rings is 1. The molecule has 0 spiro atoms. The van der Waals surface area contributed by atoms with E-state index in [2.05, 4.69) is 18.7 Å². The van der Waals surface area contributed by atoms with E-state index in [1.165, 1.54) is 12.8 Å². The van der Waals surface area contributed by atoms with Crippen LogP contribution in [0, 0.1) is 0 Å². The number of aliphatic hydroxyl groups excluding tert-OH is 1. The zero-order valence-corrected chi connectivity index (χ0v) is 12.2. The molecule has 3 heteroatoms. The number of hydrogen-bond acceptors (Lipinski definition) is 3. The maximum absolute atomic E-state index is 10.5. The summed E-state index contributed by atoms with van der Waals surface area (Å²) >= 11 is 0. The molecule has 3 nitrogen and oxygen atoms in total. The van der Waals surface area contributed by atoms with Gasteiger partial charge in [-0.25, -0.2) is 0 Å². The molecule has 0 bridgehead atoms. The first-order chi connectivity index (χ1) is 9.17. The Kier molecular flexibility index (Phi) is 4.83. The number of rotatable bonds is 5. The van der Waals surface area contributed by atoms with Crippen molar-refractivity contribution in [3.05, 3.63) is 29.8 Å². The minimum atomic E-state index is -0.481. The highest BCUT2D eigenvalue weighted by molar-refractivity contribution is 5.35. The zero-order chi connectivity index (χ0) is 13.8. The van der Waals surface area contributed by atoms with E-state index in [1.807, 2.05) is 24.3 Å². The minimum absolute atomic E-state index is 0.481. The van der Waals surface area contributed by atoms with E-state index >= 15 is 0 Å². The van der Waals surface area contributed by atoms with Crippen LogP contribution in [0.4, 0.5) is 0 Å². The lowest BCUT2D eigenvalue weighted by atomic mass is 10.1. The van der Waals surface area contributed by atoms with Gasteiger partial charge in [0.2, 0.25) is 0 Å². The molecule has 1 fully saturated rings. The van der Waals surface area contributed by atoms with Crippen molar-refractivity contribution in [1.29, 1.82) is 0 Å². The monoisotopic (exact) mass is 263 g/mol. The number of hydrogen-bond donors (Lipinski definition) is 1. The fourth-order valence-electron chi connectivity index (χ4n) is 3.13. The Balaban J connectivity index is 2.09. The van der Waals surface area contributed by atoms with Crippen LogP contribution in [0.5, 0.6) is 5.75 Å². The van der Waals surface area contributed by atoms with Crippen molar-refractivity contribution in [3.63, 3.8) is 0 Å². The van der Waals surface area contributed by atoms with Crippen molar-refractivity contribution in [2.24, 2.45) is 0 Å². The average Bonchev–Trinajstić information content (AvgIpc) is 2.79. The van der Waals surface area contributed by atoms with Gasteiger partial charge in [0, 0.05) is 24.2 Å². The molecule has 1 aliphatic rings. The van der Waals surface area contributed by atoms with Gasteiger partial charge in [-0.05, 0) is 32.3 Å². The number of likely N-dealkylation sites (tertiary alicyclic amines) is 1. The van der Waals surface area contributed by atoms with Crippen LogP contribution in [-0.4, -0.2) is 35.7 Å². The number of aliphatic hydroxyl groups is 1. The summed E-state index contributed by atoms with van der Waals surface area (Å²) in [4.78, 5) is 2.44. The molecule has 0 radical (unpaired) electrons. The lowest BCUT2D eigenvalue weighted by molar-refractivity contribution is 0.0842. The normalized spacial score (nSPS) is 25.5. The predicted molar refractivity (Wildman–Crippen MR) is 77.4 cm³/mol. The van der Waals surface area contributed by atoms with Crippen LogP contribution in [-0.2, 0) is 0 Å². The Hall–Kier alpha value is -1.06. The average molecular weight is 263 g/mol. The number of ether oxygens (including phenoxy) is 1. The fraction of sp³-hybridized carbons (Fsp3) is 0.625. The van der Waals surface area contributed by atoms with E-state index in [0.717, 1.165) is 17.7 Å². The van der Waals surface area contributed by atoms with Crippen molar-refractivity contribution in [2.75, 3.05) is 13.7 Å². The molecular weight excluding hydrogens is 238 g/mol. The van der Waals surface area contributed by atoms with Gasteiger partial charge >= 0.3 is 0 Å². The van der Waals surface area contributed by atoms with Gasteiger partial charge in [0.1, 0.15) is 5.75 Å². The standard InChI is InChI=1S/C16H25NO2/c1-4-13-10-9-12(2)17(13)11-15(18)14-7-5-6-8-16(14)19-3/h5-8,12-13,15,18H,4,9-11H2,1-3H3. The largest absolute Gasteiger partial charge is 0.496 e. The molecule has 1 heterocycles. The predicted octanol–water partition coefficient (Wildman–Crippen LogP) is 2.99. The molecule has 1 saturated heterocycles. The van der Waals surface area contributed by atoms with Gasteiger partial charge in [0.15, 0.2) is 0 Å². The summed E-state index contributed by atoms with van der Waals surface area (Å²) in [5.41, 5.74) is 0.888. The number of nitrogens with zero attached hydrogens (tertiary/aromatic N) is 1. The third-order valence-electron chi connectivity index (χ3n) is 4.31. The lowest BCUT2D eigenvalue weighted by Gasteiger charge is -2.30. The Morgan fingerprint density at radius 3 is 2.79 bits per heavy atom. The fourth-order valence-corrected chi connectivity index (χ4v) is 3.13. The van der Waals surface area contributed by atoms with Crippen molar-refractivity contribution in [3.8, 4) is 5.75 Å². The molecule has 3 unspecified atom stereocenters. The highest BCUT2D eigenvalue weighted by atomic mass is 16.5. The smallest absolute Gasteiger partial charge is 0.124 e. The van der Waals surface area contributed by atoms with Crippen LogP contribution in [0.1, 0.15) is 44.8 Å². The SMILES string of the molecule is CCC1CCC(C)N1CC(O)c1ccccc1OC. The molecule has 1 aromatic carbocycles. The Bertz CT molecular complexity index is 407. The van der Waals surface area contributed by atoms with E-state index in [9.17, 15) is 5.11 Å². The molecule has 0 aromatic heterocycles. The summed E-state index contributed by atoms with van der Waals surface area (Å²) in [7, 11) is 1.65. The minimum Gasteiger partial charge on any atom is -0.496 e. The van der Waals surface area contributed by atoms with Gasteiger partial charge in [-0.3, -0.25) is 4.90 Å². The molecular formula is C16H25NO2. The van der Waals surface area contributed by atoms with Crippen molar-refractivity contribution in [1.82, 2.24) is 4.90 Å². The van der Waals surface area contributed by atoms with Gasteiger partial charge in [0.25, 0.3) is 0 Å². The highest BCUT2D eigenvalue weighted by Gasteiger charge is 2.31. The van der Waals surface area contributed by atoms with Crippen molar-refractivity contribution < 1.29 is 9.84 Å². The molecule has 1 aromatic rings. The summed E-state index contributed by atoms with van der Waals surface area (Å²) in [6.45, 7) is 5.18. The molecule has 106 valence electrons.